The van der Waals surface area contributed by atoms with Gasteiger partial charge in [-0.1, -0.05) is 17.7 Å². The predicted octanol–water partition coefficient (Wildman–Crippen LogP) is 3.20. The van der Waals surface area contributed by atoms with Crippen LogP contribution in [0, 0.1) is 13.8 Å². The fourth-order valence-corrected chi connectivity index (χ4v) is 2.21. The molecule has 1 N–H and O–H groups in total. The maximum absolute atomic E-state index is 12.3. The van der Waals surface area contributed by atoms with E-state index < -0.39 is 0 Å². The minimum Gasteiger partial charge on any atom is -0.319 e. The summed E-state index contributed by atoms with van der Waals surface area (Å²) in [5, 5.41) is 2.92. The van der Waals surface area contributed by atoms with Gasteiger partial charge >= 0.3 is 0 Å². The lowest BCUT2D eigenvalue weighted by Crippen LogP contribution is -2.12. The number of hydrogen-bond donors (Lipinski definition) is 1. The number of amides is 1. The van der Waals surface area contributed by atoms with Gasteiger partial charge in [-0.15, -0.1) is 0 Å². The molecule has 100 valence electrons. The van der Waals surface area contributed by atoms with Crippen molar-refractivity contribution in [3.8, 4) is 0 Å². The zero-order valence-electron chi connectivity index (χ0n) is 11.4. The van der Waals surface area contributed by atoms with Crippen LogP contribution in [0.3, 0.4) is 0 Å². The lowest BCUT2D eigenvalue weighted by Gasteiger charge is -2.07. The zero-order valence-corrected chi connectivity index (χ0v) is 11.4. The van der Waals surface area contributed by atoms with Crippen LogP contribution in [0.1, 0.15) is 21.6 Å². The summed E-state index contributed by atoms with van der Waals surface area (Å²) in [5.41, 5.74) is 4.10. The summed E-state index contributed by atoms with van der Waals surface area (Å²) >= 11 is 0. The van der Waals surface area contributed by atoms with Gasteiger partial charge in [-0.05, 0) is 38.1 Å². The number of carbonyl (C=O) groups is 1. The van der Waals surface area contributed by atoms with Crippen molar-refractivity contribution in [1.29, 1.82) is 0 Å². The Morgan fingerprint density at radius 2 is 2.05 bits per heavy atom. The van der Waals surface area contributed by atoms with E-state index in [-0.39, 0.29) is 5.91 Å². The van der Waals surface area contributed by atoms with Crippen LogP contribution in [0.5, 0.6) is 0 Å². The number of rotatable bonds is 2. The van der Waals surface area contributed by atoms with Gasteiger partial charge in [0.1, 0.15) is 0 Å². The second-order valence-corrected chi connectivity index (χ2v) is 4.86. The number of hydrogen-bond acceptors (Lipinski definition) is 2. The molecule has 3 aromatic rings. The molecule has 3 rings (SSSR count). The number of pyridine rings is 1. The molecule has 0 atom stereocenters. The molecule has 0 aliphatic rings. The molecule has 0 spiro atoms. The van der Waals surface area contributed by atoms with E-state index in [1.54, 1.807) is 6.07 Å². The Hall–Kier alpha value is -2.62. The number of aryl methyl sites for hydroxylation is 2. The summed E-state index contributed by atoms with van der Waals surface area (Å²) in [6, 6.07) is 11.3. The average Bonchev–Trinajstić information content (AvgIpc) is 2.80. The molecular formula is C16H15N3O. The second-order valence-electron chi connectivity index (χ2n) is 4.86. The number of fused-ring (bicyclic) bond motifs is 1. The third kappa shape index (κ3) is 2.28. The van der Waals surface area contributed by atoms with Gasteiger partial charge in [-0.2, -0.15) is 0 Å². The Morgan fingerprint density at radius 3 is 2.85 bits per heavy atom. The first-order valence-electron chi connectivity index (χ1n) is 6.46. The first kappa shape index (κ1) is 12.4. The average molecular weight is 265 g/mol. The Bertz CT molecular complexity index is 789. The summed E-state index contributed by atoms with van der Waals surface area (Å²) in [5.74, 6) is -0.123. The molecule has 2 heterocycles. The number of aromatic nitrogens is 2. The molecule has 0 unspecified atom stereocenters. The van der Waals surface area contributed by atoms with Crippen LogP contribution < -0.4 is 5.32 Å². The Labute approximate surface area is 117 Å². The highest BCUT2D eigenvalue weighted by atomic mass is 16.1. The molecule has 4 heteroatoms. The lowest BCUT2D eigenvalue weighted by atomic mass is 10.1. The van der Waals surface area contributed by atoms with E-state index in [9.17, 15) is 4.79 Å². The van der Waals surface area contributed by atoms with Gasteiger partial charge < -0.3 is 9.72 Å². The monoisotopic (exact) mass is 265 g/mol. The summed E-state index contributed by atoms with van der Waals surface area (Å²) < 4.78 is 1.90. The van der Waals surface area contributed by atoms with Crippen LogP contribution in [-0.2, 0) is 0 Å². The van der Waals surface area contributed by atoms with Gasteiger partial charge in [-0.3, -0.25) is 4.79 Å². The molecule has 1 aromatic carbocycles. The minimum absolute atomic E-state index is 0.123. The van der Waals surface area contributed by atoms with Crippen LogP contribution in [0.4, 0.5) is 5.69 Å². The Morgan fingerprint density at radius 1 is 1.20 bits per heavy atom. The van der Waals surface area contributed by atoms with E-state index in [0.29, 0.717) is 11.3 Å². The van der Waals surface area contributed by atoms with E-state index in [1.165, 1.54) is 0 Å². The molecule has 20 heavy (non-hydrogen) atoms. The number of imidazole rings is 1. The van der Waals surface area contributed by atoms with Crippen molar-refractivity contribution in [3.63, 3.8) is 0 Å². The van der Waals surface area contributed by atoms with Gasteiger partial charge in [0.05, 0.1) is 11.4 Å². The van der Waals surface area contributed by atoms with Gasteiger partial charge in [0.15, 0.2) is 5.65 Å². The fraction of sp³-hybridized carbons (Fsp3) is 0.125. The molecule has 0 bridgehead atoms. The highest BCUT2D eigenvalue weighted by molar-refractivity contribution is 6.06. The van der Waals surface area contributed by atoms with Crippen LogP contribution in [-0.4, -0.2) is 15.3 Å². The van der Waals surface area contributed by atoms with E-state index >= 15 is 0 Å². The molecule has 0 radical (unpaired) electrons. The Kier molecular flexibility index (Phi) is 2.99. The second kappa shape index (κ2) is 4.81. The first-order valence-corrected chi connectivity index (χ1v) is 6.46. The van der Waals surface area contributed by atoms with Crippen molar-refractivity contribution < 1.29 is 4.79 Å². The highest BCUT2D eigenvalue weighted by Crippen LogP contribution is 2.17. The molecule has 4 nitrogen and oxygen atoms in total. The number of nitrogens with one attached hydrogen (secondary N) is 1. The van der Waals surface area contributed by atoms with E-state index in [1.807, 2.05) is 61.0 Å². The SMILES string of the molecule is Cc1cccc(C(=O)Nc2cccn3cc(C)nc23)c1. The van der Waals surface area contributed by atoms with Crippen LogP contribution in [0.15, 0.2) is 48.8 Å². The predicted molar refractivity (Wildman–Crippen MR) is 79.1 cm³/mol. The van der Waals surface area contributed by atoms with E-state index in [0.717, 1.165) is 16.9 Å². The molecular weight excluding hydrogens is 250 g/mol. The van der Waals surface area contributed by atoms with Gasteiger partial charge in [-0.25, -0.2) is 4.98 Å². The third-order valence-electron chi connectivity index (χ3n) is 3.13. The van der Waals surface area contributed by atoms with Crippen molar-refractivity contribution in [1.82, 2.24) is 9.38 Å². The molecule has 0 aliphatic heterocycles. The minimum atomic E-state index is -0.123. The number of benzene rings is 1. The largest absolute Gasteiger partial charge is 0.319 e. The van der Waals surface area contributed by atoms with Crippen LogP contribution >= 0.6 is 0 Å². The quantitative estimate of drug-likeness (QED) is 0.773. The topological polar surface area (TPSA) is 46.4 Å². The molecule has 2 aromatic heterocycles. The molecule has 0 saturated heterocycles. The maximum atomic E-state index is 12.3. The van der Waals surface area contributed by atoms with Crippen molar-refractivity contribution in [3.05, 3.63) is 65.6 Å². The van der Waals surface area contributed by atoms with Gasteiger partial charge in [0.2, 0.25) is 0 Å². The van der Waals surface area contributed by atoms with Crippen molar-refractivity contribution in [2.75, 3.05) is 5.32 Å². The number of nitrogens with zero attached hydrogens (tertiary/aromatic N) is 2. The first-order chi connectivity index (χ1) is 9.63. The van der Waals surface area contributed by atoms with Crippen molar-refractivity contribution >= 4 is 17.2 Å². The molecule has 0 aliphatic carbocycles. The van der Waals surface area contributed by atoms with Crippen molar-refractivity contribution in [2.45, 2.75) is 13.8 Å². The summed E-state index contributed by atoms with van der Waals surface area (Å²) in [7, 11) is 0. The third-order valence-corrected chi connectivity index (χ3v) is 3.13. The fourth-order valence-electron chi connectivity index (χ4n) is 2.21. The van der Waals surface area contributed by atoms with Crippen molar-refractivity contribution in [2.24, 2.45) is 0 Å². The Balaban J connectivity index is 1.95. The highest BCUT2D eigenvalue weighted by Gasteiger charge is 2.10. The van der Waals surface area contributed by atoms with Gasteiger partial charge in [0.25, 0.3) is 5.91 Å². The van der Waals surface area contributed by atoms with Crippen LogP contribution in [0.2, 0.25) is 0 Å². The smallest absolute Gasteiger partial charge is 0.255 e. The van der Waals surface area contributed by atoms with E-state index in [2.05, 4.69) is 10.3 Å². The molecule has 0 fully saturated rings. The molecule has 0 saturated carbocycles. The summed E-state index contributed by atoms with van der Waals surface area (Å²) in [4.78, 5) is 16.7. The van der Waals surface area contributed by atoms with Gasteiger partial charge in [0, 0.05) is 18.0 Å². The summed E-state index contributed by atoms with van der Waals surface area (Å²) in [6.07, 6.45) is 3.84. The lowest BCUT2D eigenvalue weighted by molar-refractivity contribution is 0.102. The zero-order chi connectivity index (χ0) is 14.1. The summed E-state index contributed by atoms with van der Waals surface area (Å²) in [6.45, 7) is 3.90. The maximum Gasteiger partial charge on any atom is 0.255 e. The normalized spacial score (nSPS) is 10.7. The number of anilines is 1. The number of carbonyl (C=O) groups excluding carboxylic acids is 1. The standard InChI is InChI=1S/C16H15N3O/c1-11-5-3-6-13(9-11)16(20)18-14-7-4-8-19-10-12(2)17-15(14)19/h3-10H,1-2H3,(H,18,20). The van der Waals surface area contributed by atoms with E-state index in [4.69, 9.17) is 0 Å². The molecule has 1 amide bonds. The van der Waals surface area contributed by atoms with Crippen LogP contribution in [0.25, 0.3) is 5.65 Å².